The highest BCUT2D eigenvalue weighted by molar-refractivity contribution is 6.06. The third kappa shape index (κ3) is 3.53. The number of likely N-dealkylation sites (tertiary alicyclic amines) is 1. The number of pyridine rings is 1. The molecule has 0 bridgehead atoms. The highest BCUT2D eigenvalue weighted by Gasteiger charge is 2.43. The smallest absolute Gasteiger partial charge is 0.254 e. The second-order valence-electron chi connectivity index (χ2n) is 7.78. The minimum atomic E-state index is -0.163. The fourth-order valence-electron chi connectivity index (χ4n) is 4.42. The normalized spacial score (nSPS) is 20.8. The molecule has 3 aromatic rings. The van der Waals surface area contributed by atoms with Crippen LogP contribution in [0, 0.1) is 0 Å². The zero-order valence-electron chi connectivity index (χ0n) is 16.1. The summed E-state index contributed by atoms with van der Waals surface area (Å²) in [6, 6.07) is 11.6. The molecular formula is C22H23N5O2. The minimum absolute atomic E-state index is 0.0730. The number of nitrogens with one attached hydrogen (secondary N) is 1. The molecule has 2 saturated heterocycles. The number of aromatic nitrogens is 3. The Labute approximate surface area is 169 Å². The lowest BCUT2D eigenvalue weighted by molar-refractivity contribution is -0.0387. The van der Waals surface area contributed by atoms with Crippen molar-refractivity contribution in [3.8, 4) is 0 Å². The molecule has 1 aromatic carbocycles. The predicted molar refractivity (Wildman–Crippen MR) is 110 cm³/mol. The van der Waals surface area contributed by atoms with Gasteiger partial charge in [-0.3, -0.25) is 9.78 Å². The van der Waals surface area contributed by atoms with E-state index in [1.807, 2.05) is 35.2 Å². The SMILES string of the molecule is O=C(c1cccc2ncccc12)N1CCC2(CC1)CC(Nc1ncccn1)CO2. The number of rotatable bonds is 3. The van der Waals surface area contributed by atoms with Crippen molar-refractivity contribution in [2.75, 3.05) is 25.0 Å². The molecule has 29 heavy (non-hydrogen) atoms. The van der Waals surface area contributed by atoms with E-state index in [4.69, 9.17) is 4.74 Å². The summed E-state index contributed by atoms with van der Waals surface area (Å²) in [4.78, 5) is 27.9. The molecule has 1 spiro atoms. The van der Waals surface area contributed by atoms with Gasteiger partial charge in [0.1, 0.15) is 0 Å². The molecule has 5 rings (SSSR count). The van der Waals surface area contributed by atoms with Crippen LogP contribution in [0.4, 0.5) is 5.95 Å². The van der Waals surface area contributed by atoms with E-state index in [2.05, 4.69) is 20.3 Å². The van der Waals surface area contributed by atoms with E-state index < -0.39 is 0 Å². The molecule has 1 unspecified atom stereocenters. The van der Waals surface area contributed by atoms with Gasteiger partial charge in [-0.1, -0.05) is 12.1 Å². The lowest BCUT2D eigenvalue weighted by Gasteiger charge is -2.38. The number of piperidine rings is 1. The summed E-state index contributed by atoms with van der Waals surface area (Å²) in [5, 5.41) is 4.26. The van der Waals surface area contributed by atoms with Gasteiger partial charge in [0.15, 0.2) is 0 Å². The summed E-state index contributed by atoms with van der Waals surface area (Å²) in [6.07, 6.45) is 7.81. The molecule has 2 fully saturated rings. The number of carbonyl (C=O) groups excluding carboxylic acids is 1. The van der Waals surface area contributed by atoms with Crippen molar-refractivity contribution < 1.29 is 9.53 Å². The molecule has 2 aromatic heterocycles. The topological polar surface area (TPSA) is 80.2 Å². The zero-order chi connectivity index (χ0) is 19.7. The molecule has 1 amide bonds. The first-order valence-corrected chi connectivity index (χ1v) is 10.0. The van der Waals surface area contributed by atoms with Crippen molar-refractivity contribution in [3.63, 3.8) is 0 Å². The second kappa shape index (κ2) is 7.40. The van der Waals surface area contributed by atoms with Crippen LogP contribution in [0.2, 0.25) is 0 Å². The molecule has 148 valence electrons. The zero-order valence-corrected chi connectivity index (χ0v) is 16.1. The molecule has 4 heterocycles. The number of hydrogen-bond acceptors (Lipinski definition) is 6. The van der Waals surface area contributed by atoms with E-state index >= 15 is 0 Å². The number of anilines is 1. The van der Waals surface area contributed by atoms with Crippen molar-refractivity contribution >= 4 is 22.8 Å². The summed E-state index contributed by atoms with van der Waals surface area (Å²) < 4.78 is 6.20. The van der Waals surface area contributed by atoms with Crippen LogP contribution < -0.4 is 5.32 Å². The minimum Gasteiger partial charge on any atom is -0.373 e. The van der Waals surface area contributed by atoms with Crippen LogP contribution in [0.5, 0.6) is 0 Å². The summed E-state index contributed by atoms with van der Waals surface area (Å²) in [5.74, 6) is 0.708. The summed E-state index contributed by atoms with van der Waals surface area (Å²) >= 11 is 0. The molecule has 1 atom stereocenters. The van der Waals surface area contributed by atoms with E-state index in [0.29, 0.717) is 25.6 Å². The fraction of sp³-hybridized carbons (Fsp3) is 0.364. The monoisotopic (exact) mass is 389 g/mol. The number of carbonyl (C=O) groups is 1. The van der Waals surface area contributed by atoms with Crippen LogP contribution >= 0.6 is 0 Å². The molecule has 1 N–H and O–H groups in total. The molecule has 0 radical (unpaired) electrons. The Morgan fingerprint density at radius 2 is 1.83 bits per heavy atom. The Morgan fingerprint density at radius 1 is 1.03 bits per heavy atom. The average molecular weight is 389 g/mol. The fourth-order valence-corrected chi connectivity index (χ4v) is 4.42. The van der Waals surface area contributed by atoms with Gasteiger partial charge in [0, 0.05) is 42.6 Å². The first-order chi connectivity index (χ1) is 14.2. The van der Waals surface area contributed by atoms with Gasteiger partial charge < -0.3 is 15.0 Å². The van der Waals surface area contributed by atoms with Crippen LogP contribution in [0.3, 0.4) is 0 Å². The Hall–Kier alpha value is -3.06. The van der Waals surface area contributed by atoms with Gasteiger partial charge in [0.05, 0.1) is 23.8 Å². The van der Waals surface area contributed by atoms with Gasteiger partial charge >= 0.3 is 0 Å². The third-order valence-electron chi connectivity index (χ3n) is 5.95. The van der Waals surface area contributed by atoms with Crippen molar-refractivity contribution in [3.05, 3.63) is 60.6 Å². The van der Waals surface area contributed by atoms with E-state index in [-0.39, 0.29) is 17.6 Å². The molecule has 7 heteroatoms. The van der Waals surface area contributed by atoms with Gasteiger partial charge in [0.25, 0.3) is 5.91 Å². The summed E-state index contributed by atoms with van der Waals surface area (Å²) in [6.45, 7) is 2.04. The third-order valence-corrected chi connectivity index (χ3v) is 5.95. The Balaban J connectivity index is 1.24. The van der Waals surface area contributed by atoms with Crippen LogP contribution in [0.25, 0.3) is 10.9 Å². The van der Waals surface area contributed by atoms with E-state index in [1.54, 1.807) is 24.7 Å². The highest BCUT2D eigenvalue weighted by Crippen LogP contribution is 2.37. The van der Waals surface area contributed by atoms with Crippen LogP contribution in [0.1, 0.15) is 29.6 Å². The number of fused-ring (bicyclic) bond motifs is 1. The molecule has 0 saturated carbocycles. The maximum Gasteiger partial charge on any atom is 0.254 e. The van der Waals surface area contributed by atoms with Gasteiger partial charge in [-0.15, -0.1) is 0 Å². The lowest BCUT2D eigenvalue weighted by atomic mass is 9.87. The molecule has 2 aliphatic heterocycles. The number of nitrogens with zero attached hydrogens (tertiary/aromatic N) is 4. The number of amides is 1. The first-order valence-electron chi connectivity index (χ1n) is 10.0. The highest BCUT2D eigenvalue weighted by atomic mass is 16.5. The Kier molecular flexibility index (Phi) is 4.60. The first kappa shape index (κ1) is 18.0. The van der Waals surface area contributed by atoms with Gasteiger partial charge in [-0.05, 0) is 43.5 Å². The van der Waals surface area contributed by atoms with E-state index in [0.717, 1.165) is 35.7 Å². The van der Waals surface area contributed by atoms with Gasteiger partial charge in [-0.25, -0.2) is 9.97 Å². The average Bonchev–Trinajstić information content (AvgIpc) is 3.16. The van der Waals surface area contributed by atoms with Crippen molar-refractivity contribution in [1.29, 1.82) is 0 Å². The second-order valence-corrected chi connectivity index (χ2v) is 7.78. The van der Waals surface area contributed by atoms with Crippen LogP contribution in [0.15, 0.2) is 55.0 Å². The summed E-state index contributed by atoms with van der Waals surface area (Å²) in [5.41, 5.74) is 1.41. The van der Waals surface area contributed by atoms with Gasteiger partial charge in [-0.2, -0.15) is 0 Å². The quantitative estimate of drug-likeness (QED) is 0.742. The van der Waals surface area contributed by atoms with Crippen molar-refractivity contribution in [2.24, 2.45) is 0 Å². The van der Waals surface area contributed by atoms with Gasteiger partial charge in [0.2, 0.25) is 5.95 Å². The van der Waals surface area contributed by atoms with Crippen molar-refractivity contribution in [1.82, 2.24) is 19.9 Å². The molecular weight excluding hydrogens is 366 g/mol. The van der Waals surface area contributed by atoms with Crippen LogP contribution in [-0.4, -0.2) is 57.1 Å². The number of hydrogen-bond donors (Lipinski definition) is 1. The largest absolute Gasteiger partial charge is 0.373 e. The maximum atomic E-state index is 13.2. The summed E-state index contributed by atoms with van der Waals surface area (Å²) in [7, 11) is 0. The van der Waals surface area contributed by atoms with Crippen LogP contribution in [-0.2, 0) is 4.74 Å². The Bertz CT molecular complexity index is 1010. The molecule has 0 aliphatic carbocycles. The number of ether oxygens (including phenoxy) is 1. The number of benzene rings is 1. The van der Waals surface area contributed by atoms with E-state index in [9.17, 15) is 4.79 Å². The maximum absolute atomic E-state index is 13.2. The standard InChI is InChI=1S/C22H23N5O2/c28-20(18-4-1-6-19-17(18)5-2-9-23-19)27-12-7-22(8-13-27)14-16(15-29-22)26-21-24-10-3-11-25-21/h1-6,9-11,16H,7-8,12-15H2,(H,24,25,26). The molecule has 7 nitrogen and oxygen atoms in total. The van der Waals surface area contributed by atoms with Crippen molar-refractivity contribution in [2.45, 2.75) is 30.9 Å². The molecule has 2 aliphatic rings. The predicted octanol–water partition coefficient (Wildman–Crippen LogP) is 2.90. The van der Waals surface area contributed by atoms with E-state index in [1.165, 1.54) is 0 Å². The lowest BCUT2D eigenvalue weighted by Crippen LogP contribution is -2.46. The Morgan fingerprint density at radius 3 is 2.66 bits per heavy atom.